The van der Waals surface area contributed by atoms with Gasteiger partial charge < -0.3 is 4.74 Å². The van der Waals surface area contributed by atoms with E-state index in [0.29, 0.717) is 19.9 Å². The zero-order valence-corrected chi connectivity index (χ0v) is 4.46. The van der Waals surface area contributed by atoms with E-state index in [2.05, 4.69) is 5.43 Å². The third-order valence-corrected chi connectivity index (χ3v) is 0.973. The average molecular weight is 116 g/mol. The summed E-state index contributed by atoms with van der Waals surface area (Å²) in [7, 11) is 0. The summed E-state index contributed by atoms with van der Waals surface area (Å²) in [5.41, 5.74) is 2.71. The van der Waals surface area contributed by atoms with Crippen molar-refractivity contribution >= 4 is 6.41 Å². The predicted octanol–water partition coefficient (Wildman–Crippen LogP) is -1.06. The molecule has 1 aliphatic heterocycles. The lowest BCUT2D eigenvalue weighted by Crippen LogP contribution is -2.45. The van der Waals surface area contributed by atoms with Gasteiger partial charge in [-0.3, -0.25) is 9.80 Å². The molecule has 0 unspecified atom stereocenters. The van der Waals surface area contributed by atoms with Crippen LogP contribution in [0.5, 0.6) is 0 Å². The van der Waals surface area contributed by atoms with E-state index in [9.17, 15) is 4.79 Å². The van der Waals surface area contributed by atoms with Crippen molar-refractivity contribution in [2.45, 2.75) is 0 Å². The molecule has 1 fully saturated rings. The van der Waals surface area contributed by atoms with Gasteiger partial charge >= 0.3 is 0 Å². The van der Waals surface area contributed by atoms with E-state index in [-0.39, 0.29) is 0 Å². The number of ether oxygens (including phenoxy) is 1. The Balaban J connectivity index is 2.22. The molecule has 0 atom stereocenters. The third kappa shape index (κ3) is 1.18. The maximum atomic E-state index is 9.97. The van der Waals surface area contributed by atoms with Gasteiger partial charge in [-0.2, -0.15) is 0 Å². The first-order valence-electron chi connectivity index (χ1n) is 2.46. The second-order valence-corrected chi connectivity index (χ2v) is 1.51. The lowest BCUT2D eigenvalue weighted by Gasteiger charge is -2.22. The van der Waals surface area contributed by atoms with E-state index >= 15 is 0 Å². The first kappa shape index (κ1) is 5.53. The van der Waals surface area contributed by atoms with Crippen LogP contribution in [0.25, 0.3) is 0 Å². The van der Waals surface area contributed by atoms with Crippen molar-refractivity contribution < 1.29 is 9.53 Å². The van der Waals surface area contributed by atoms with Gasteiger partial charge in [-0.15, -0.1) is 0 Å². The number of nitrogens with zero attached hydrogens (tertiary/aromatic N) is 1. The van der Waals surface area contributed by atoms with Gasteiger partial charge in [0, 0.05) is 0 Å². The van der Waals surface area contributed by atoms with Crippen molar-refractivity contribution in [2.75, 3.05) is 19.9 Å². The number of nitrogens with one attached hydrogen (secondary N) is 1. The van der Waals surface area contributed by atoms with Crippen molar-refractivity contribution in [3.63, 3.8) is 0 Å². The smallest absolute Gasteiger partial charge is 0.224 e. The third-order valence-electron chi connectivity index (χ3n) is 0.973. The summed E-state index contributed by atoms with van der Waals surface area (Å²) in [6.07, 6.45) is 0.752. The van der Waals surface area contributed by atoms with E-state index in [0.717, 1.165) is 6.41 Å². The number of hydrogen-bond acceptors (Lipinski definition) is 3. The van der Waals surface area contributed by atoms with Gasteiger partial charge in [0.2, 0.25) is 6.41 Å². The second kappa shape index (κ2) is 2.64. The van der Waals surface area contributed by atoms with Gasteiger partial charge in [0.1, 0.15) is 6.73 Å². The first-order chi connectivity index (χ1) is 3.93. The van der Waals surface area contributed by atoms with Crippen molar-refractivity contribution in [1.82, 2.24) is 10.4 Å². The molecule has 0 radical (unpaired) electrons. The molecule has 1 rings (SSSR count). The number of rotatable bonds is 1. The fourth-order valence-corrected chi connectivity index (χ4v) is 0.533. The van der Waals surface area contributed by atoms with Gasteiger partial charge in [-0.1, -0.05) is 0 Å². The zero-order chi connectivity index (χ0) is 5.82. The van der Waals surface area contributed by atoms with Gasteiger partial charge in [0.15, 0.2) is 0 Å². The van der Waals surface area contributed by atoms with Crippen LogP contribution in [-0.4, -0.2) is 31.3 Å². The minimum atomic E-state index is 0.443. The summed E-state index contributed by atoms with van der Waals surface area (Å²) in [6, 6.07) is 0. The Labute approximate surface area is 47.4 Å². The molecule has 1 saturated heterocycles. The first-order valence-corrected chi connectivity index (χ1v) is 2.46. The van der Waals surface area contributed by atoms with E-state index < -0.39 is 0 Å². The van der Waals surface area contributed by atoms with Crippen LogP contribution in [0.2, 0.25) is 0 Å². The van der Waals surface area contributed by atoms with Gasteiger partial charge in [-0.25, -0.2) is 5.43 Å². The molecule has 0 aliphatic carbocycles. The molecule has 0 bridgehead atoms. The second-order valence-electron chi connectivity index (χ2n) is 1.51. The number of amides is 1. The Hall–Kier alpha value is -0.610. The summed E-state index contributed by atoms with van der Waals surface area (Å²) in [5, 5.41) is 1.46. The molecule has 1 N–H and O–H groups in total. The molecule has 1 amide bonds. The quantitative estimate of drug-likeness (QED) is 0.444. The summed E-state index contributed by atoms with van der Waals surface area (Å²) >= 11 is 0. The molecular weight excluding hydrogens is 108 g/mol. The van der Waals surface area contributed by atoms with Gasteiger partial charge in [0.25, 0.3) is 0 Å². The van der Waals surface area contributed by atoms with Crippen molar-refractivity contribution in [2.24, 2.45) is 0 Å². The van der Waals surface area contributed by atoms with Crippen molar-refractivity contribution in [3.05, 3.63) is 0 Å². The standard InChI is InChI=1S/C4H8N2O2/c7-4-6-1-2-8-3-5-6/h4-5H,1-3H2. The van der Waals surface area contributed by atoms with Crippen LogP contribution in [0.1, 0.15) is 0 Å². The summed E-state index contributed by atoms with van der Waals surface area (Å²) in [4.78, 5) is 9.97. The zero-order valence-electron chi connectivity index (χ0n) is 4.46. The number of carbonyl (C=O) groups is 1. The predicted molar refractivity (Wildman–Crippen MR) is 26.7 cm³/mol. The molecule has 0 saturated carbocycles. The van der Waals surface area contributed by atoms with Crippen LogP contribution in [0, 0.1) is 0 Å². The number of carbonyl (C=O) groups excluding carboxylic acids is 1. The Morgan fingerprint density at radius 3 is 3.00 bits per heavy atom. The minimum Gasteiger partial charge on any atom is -0.363 e. The van der Waals surface area contributed by atoms with Crippen LogP contribution >= 0.6 is 0 Å². The van der Waals surface area contributed by atoms with Crippen LogP contribution in [0.15, 0.2) is 0 Å². The molecule has 0 aromatic carbocycles. The lowest BCUT2D eigenvalue weighted by molar-refractivity contribution is -0.128. The highest BCUT2D eigenvalue weighted by atomic mass is 16.5. The molecule has 0 spiro atoms. The number of hydrazine groups is 1. The van der Waals surface area contributed by atoms with E-state index in [4.69, 9.17) is 4.74 Å². The number of hydrogen-bond donors (Lipinski definition) is 1. The highest BCUT2D eigenvalue weighted by Crippen LogP contribution is 1.84. The Morgan fingerprint density at radius 2 is 2.62 bits per heavy atom. The molecule has 46 valence electrons. The minimum absolute atomic E-state index is 0.443. The van der Waals surface area contributed by atoms with Crippen LogP contribution in [0.4, 0.5) is 0 Å². The van der Waals surface area contributed by atoms with E-state index in [1.54, 1.807) is 0 Å². The molecule has 1 heterocycles. The van der Waals surface area contributed by atoms with Gasteiger partial charge in [-0.05, 0) is 0 Å². The van der Waals surface area contributed by atoms with Gasteiger partial charge in [0.05, 0.1) is 13.2 Å². The highest BCUT2D eigenvalue weighted by Gasteiger charge is 2.04. The molecule has 8 heavy (non-hydrogen) atoms. The lowest BCUT2D eigenvalue weighted by atomic mass is 10.6. The van der Waals surface area contributed by atoms with Crippen LogP contribution in [0.3, 0.4) is 0 Å². The molecule has 4 nitrogen and oxygen atoms in total. The molecule has 0 aromatic rings. The van der Waals surface area contributed by atoms with E-state index in [1.807, 2.05) is 0 Å². The average Bonchev–Trinajstić information content (AvgIpc) is 1.90. The van der Waals surface area contributed by atoms with Crippen molar-refractivity contribution in [3.8, 4) is 0 Å². The molecule has 0 aromatic heterocycles. The maximum absolute atomic E-state index is 9.97. The summed E-state index contributed by atoms with van der Waals surface area (Å²) in [5.74, 6) is 0. The molecule has 1 aliphatic rings. The maximum Gasteiger partial charge on any atom is 0.224 e. The topological polar surface area (TPSA) is 41.6 Å². The largest absolute Gasteiger partial charge is 0.363 e. The van der Waals surface area contributed by atoms with Crippen LogP contribution < -0.4 is 5.43 Å². The summed E-state index contributed by atoms with van der Waals surface area (Å²) < 4.78 is 4.89. The highest BCUT2D eigenvalue weighted by molar-refractivity contribution is 5.45. The molecular formula is C4H8N2O2. The fourth-order valence-electron chi connectivity index (χ4n) is 0.533. The van der Waals surface area contributed by atoms with E-state index in [1.165, 1.54) is 5.01 Å². The van der Waals surface area contributed by atoms with Crippen LogP contribution in [-0.2, 0) is 9.53 Å². The fraction of sp³-hybridized carbons (Fsp3) is 0.750. The summed E-state index contributed by atoms with van der Waals surface area (Å²) in [6.45, 7) is 1.72. The Morgan fingerprint density at radius 1 is 1.75 bits per heavy atom. The Kier molecular flexibility index (Phi) is 1.82. The monoisotopic (exact) mass is 116 g/mol. The molecule has 4 heteroatoms. The Bertz CT molecular complexity index is 80.1. The van der Waals surface area contributed by atoms with Crippen molar-refractivity contribution in [1.29, 1.82) is 0 Å². The normalized spacial score (nSPS) is 20.8. The SMILES string of the molecule is O=CN1CCOCN1.